The Morgan fingerprint density at radius 3 is 2.59 bits per heavy atom. The number of aliphatic hydroxyl groups is 1. The third-order valence-electron chi connectivity index (χ3n) is 10.6. The molecule has 0 aromatic heterocycles. The van der Waals surface area contributed by atoms with Crippen LogP contribution < -0.4 is 0 Å². The van der Waals surface area contributed by atoms with Crippen LogP contribution in [-0.4, -0.2) is 47.6 Å². The standard InChI is InChI=1S/C28H36O6/c1-14-16-6-5-7-25(30)33-22(16)10-18-17(14)11-24(29)28(4)20(18)8-9-21(28)19-13-32-27(3)12-23(19)34-26(31)15(27)2/h5-6,17-24,29H,2,7-13H2,1,3-4H3/t17?,18?,19-,20?,21?,22+,23+,24+,27+,28?/m0/s1. The first-order valence-corrected chi connectivity index (χ1v) is 12.9. The molecule has 5 unspecified atom stereocenters. The molecule has 0 aromatic carbocycles. The summed E-state index contributed by atoms with van der Waals surface area (Å²) >= 11 is 0. The molecule has 0 aromatic rings. The van der Waals surface area contributed by atoms with E-state index in [1.165, 1.54) is 5.57 Å². The van der Waals surface area contributed by atoms with Crippen LogP contribution in [0.25, 0.3) is 0 Å². The fraction of sp³-hybridized carbons (Fsp3) is 0.714. The highest BCUT2D eigenvalue weighted by Gasteiger charge is 2.63. The Morgan fingerprint density at radius 1 is 1.09 bits per heavy atom. The van der Waals surface area contributed by atoms with E-state index in [0.717, 1.165) is 31.3 Å². The van der Waals surface area contributed by atoms with E-state index in [2.05, 4.69) is 26.5 Å². The predicted molar refractivity (Wildman–Crippen MR) is 124 cm³/mol. The fourth-order valence-electron chi connectivity index (χ4n) is 8.68. The minimum absolute atomic E-state index is 0.0701. The van der Waals surface area contributed by atoms with Crippen molar-refractivity contribution in [1.29, 1.82) is 0 Å². The highest BCUT2D eigenvalue weighted by atomic mass is 16.6. The molecular formula is C28H36O6. The minimum Gasteiger partial charge on any atom is -0.458 e. The van der Waals surface area contributed by atoms with Crippen LogP contribution >= 0.6 is 0 Å². The molecule has 6 heteroatoms. The molecule has 3 aliphatic heterocycles. The van der Waals surface area contributed by atoms with Gasteiger partial charge in [0.15, 0.2) is 0 Å². The number of rotatable bonds is 1. The minimum atomic E-state index is -0.649. The van der Waals surface area contributed by atoms with Crippen molar-refractivity contribution in [2.75, 3.05) is 6.61 Å². The zero-order valence-electron chi connectivity index (χ0n) is 20.4. The monoisotopic (exact) mass is 468 g/mol. The Hall–Kier alpha value is -1.92. The fourth-order valence-corrected chi connectivity index (χ4v) is 8.68. The topological polar surface area (TPSA) is 82.1 Å². The largest absolute Gasteiger partial charge is 0.458 e. The van der Waals surface area contributed by atoms with Gasteiger partial charge in [-0.15, -0.1) is 0 Å². The van der Waals surface area contributed by atoms with Crippen LogP contribution in [0.2, 0.25) is 0 Å². The summed E-state index contributed by atoms with van der Waals surface area (Å²) in [7, 11) is 0. The van der Waals surface area contributed by atoms with E-state index in [0.29, 0.717) is 42.8 Å². The van der Waals surface area contributed by atoms with Crippen molar-refractivity contribution < 1.29 is 28.9 Å². The second-order valence-corrected chi connectivity index (χ2v) is 12.0. The van der Waals surface area contributed by atoms with Crippen LogP contribution in [0.4, 0.5) is 0 Å². The normalized spacial score (nSPS) is 50.1. The van der Waals surface area contributed by atoms with E-state index in [4.69, 9.17) is 14.2 Å². The van der Waals surface area contributed by atoms with Crippen molar-refractivity contribution in [3.8, 4) is 0 Å². The van der Waals surface area contributed by atoms with E-state index in [1.807, 2.05) is 13.0 Å². The maximum atomic E-state index is 12.5. The summed E-state index contributed by atoms with van der Waals surface area (Å²) in [5, 5.41) is 11.7. The summed E-state index contributed by atoms with van der Waals surface area (Å²) in [6.07, 6.45) is 7.69. The molecule has 6 nitrogen and oxygen atoms in total. The third kappa shape index (κ3) is 3.00. The maximum absolute atomic E-state index is 12.5. The van der Waals surface area contributed by atoms with Crippen LogP contribution in [0.1, 0.15) is 59.3 Å². The van der Waals surface area contributed by atoms with Crippen molar-refractivity contribution in [3.63, 3.8) is 0 Å². The molecule has 3 aliphatic carbocycles. The lowest BCUT2D eigenvalue weighted by atomic mass is 9.51. The number of fused-ring (bicyclic) bond motifs is 6. The second kappa shape index (κ2) is 7.54. The van der Waals surface area contributed by atoms with Gasteiger partial charge in [0.1, 0.15) is 17.8 Å². The summed E-state index contributed by atoms with van der Waals surface area (Å²) in [5.41, 5.74) is 1.88. The van der Waals surface area contributed by atoms with Gasteiger partial charge < -0.3 is 19.3 Å². The first-order valence-electron chi connectivity index (χ1n) is 12.9. The van der Waals surface area contributed by atoms with Gasteiger partial charge in [0.05, 0.1) is 24.7 Å². The molecule has 2 saturated heterocycles. The number of carbonyl (C=O) groups excluding carboxylic acids is 2. The SMILES string of the molecule is C=C1C(=O)O[C@@H]2C[C@@]1(C)OC[C@H]2C1CCC2C3C[C@H]4OC(=O)CC=CC4=C(C)C3C[C@@H](O)C21C. The Balaban J connectivity index is 1.31. The van der Waals surface area contributed by atoms with Gasteiger partial charge in [-0.25, -0.2) is 4.79 Å². The number of ether oxygens (including phenoxy) is 3. The zero-order valence-corrected chi connectivity index (χ0v) is 20.4. The van der Waals surface area contributed by atoms with Crippen molar-refractivity contribution in [2.24, 2.45) is 35.0 Å². The van der Waals surface area contributed by atoms with Crippen molar-refractivity contribution >= 4 is 11.9 Å². The first kappa shape index (κ1) is 22.5. The van der Waals surface area contributed by atoms with Gasteiger partial charge in [0.25, 0.3) is 0 Å². The quantitative estimate of drug-likeness (QED) is 0.465. The van der Waals surface area contributed by atoms with Gasteiger partial charge in [-0.1, -0.05) is 31.2 Å². The molecule has 0 spiro atoms. The van der Waals surface area contributed by atoms with Crippen molar-refractivity contribution in [2.45, 2.75) is 83.2 Å². The number of aliphatic hydroxyl groups excluding tert-OH is 1. The number of hydrogen-bond acceptors (Lipinski definition) is 6. The molecule has 6 rings (SSSR count). The van der Waals surface area contributed by atoms with Gasteiger partial charge in [0, 0.05) is 12.3 Å². The molecule has 6 aliphatic rings. The summed E-state index contributed by atoms with van der Waals surface area (Å²) in [4.78, 5) is 24.7. The zero-order chi connectivity index (χ0) is 24.0. The highest BCUT2D eigenvalue weighted by molar-refractivity contribution is 5.91. The lowest BCUT2D eigenvalue weighted by molar-refractivity contribution is -0.206. The predicted octanol–water partition coefficient (Wildman–Crippen LogP) is 3.88. The average molecular weight is 469 g/mol. The van der Waals surface area contributed by atoms with Crippen molar-refractivity contribution in [3.05, 3.63) is 35.5 Å². The van der Waals surface area contributed by atoms with Crippen LogP contribution in [0.3, 0.4) is 0 Å². The van der Waals surface area contributed by atoms with Crippen LogP contribution in [0.5, 0.6) is 0 Å². The van der Waals surface area contributed by atoms with E-state index in [-0.39, 0.29) is 41.4 Å². The van der Waals surface area contributed by atoms with Gasteiger partial charge in [-0.05, 0) is 74.2 Å². The summed E-state index contributed by atoms with van der Waals surface area (Å²) in [5.74, 6) is 0.780. The third-order valence-corrected chi connectivity index (χ3v) is 10.6. The molecule has 2 bridgehead atoms. The summed E-state index contributed by atoms with van der Waals surface area (Å²) in [6.45, 7) is 10.8. The molecule has 2 saturated carbocycles. The molecule has 0 radical (unpaired) electrons. The van der Waals surface area contributed by atoms with E-state index in [9.17, 15) is 14.7 Å². The molecular weight excluding hydrogens is 432 g/mol. The van der Waals surface area contributed by atoms with E-state index >= 15 is 0 Å². The lowest BCUT2D eigenvalue weighted by Crippen LogP contribution is -2.59. The van der Waals surface area contributed by atoms with Gasteiger partial charge in [-0.3, -0.25) is 4.79 Å². The van der Waals surface area contributed by atoms with Gasteiger partial charge in [-0.2, -0.15) is 0 Å². The molecule has 184 valence electrons. The van der Waals surface area contributed by atoms with Crippen LogP contribution in [0.15, 0.2) is 35.5 Å². The Kier molecular flexibility index (Phi) is 5.00. The Labute approximate surface area is 201 Å². The van der Waals surface area contributed by atoms with E-state index in [1.54, 1.807) is 0 Å². The highest BCUT2D eigenvalue weighted by Crippen LogP contribution is 2.65. The molecule has 4 fully saturated rings. The van der Waals surface area contributed by atoms with Gasteiger partial charge in [0.2, 0.25) is 0 Å². The molecule has 0 amide bonds. The summed E-state index contributed by atoms with van der Waals surface area (Å²) < 4.78 is 18.0. The Bertz CT molecular complexity index is 1010. The number of esters is 2. The summed E-state index contributed by atoms with van der Waals surface area (Å²) in [6, 6.07) is 0. The number of carbonyl (C=O) groups is 2. The smallest absolute Gasteiger partial charge is 0.336 e. The van der Waals surface area contributed by atoms with Crippen LogP contribution in [-0.2, 0) is 23.8 Å². The number of allylic oxidation sites excluding steroid dienone is 1. The first-order chi connectivity index (χ1) is 16.1. The van der Waals surface area contributed by atoms with Crippen molar-refractivity contribution in [1.82, 2.24) is 0 Å². The molecule has 1 N–H and O–H groups in total. The molecule has 34 heavy (non-hydrogen) atoms. The maximum Gasteiger partial charge on any atom is 0.336 e. The number of hydrogen-bond donors (Lipinski definition) is 1. The Morgan fingerprint density at radius 2 is 1.82 bits per heavy atom. The van der Waals surface area contributed by atoms with Gasteiger partial charge >= 0.3 is 11.9 Å². The molecule has 10 atom stereocenters. The average Bonchev–Trinajstić information content (AvgIpc) is 3.02. The molecule has 3 heterocycles. The second-order valence-electron chi connectivity index (χ2n) is 12.0. The van der Waals surface area contributed by atoms with E-state index < -0.39 is 11.7 Å². The lowest BCUT2D eigenvalue weighted by Gasteiger charge is -2.57. The van der Waals surface area contributed by atoms with Crippen LogP contribution in [0, 0.1) is 35.0 Å².